The predicted molar refractivity (Wildman–Crippen MR) is 86.5 cm³/mol. The Hall–Kier alpha value is -2.08. The van der Waals surface area contributed by atoms with Crippen molar-refractivity contribution < 1.29 is 19.4 Å². The molecule has 1 amide bonds. The zero-order valence-electron chi connectivity index (χ0n) is 13.2. The molecule has 0 unspecified atom stereocenters. The number of benzene rings is 1. The van der Waals surface area contributed by atoms with E-state index in [0.717, 1.165) is 25.7 Å². The SMILES string of the molecule is NCCOc1ccc(C(=O)NC2CCC(CC(=O)O)CC2)cc1. The Morgan fingerprint density at radius 2 is 1.83 bits per heavy atom. The summed E-state index contributed by atoms with van der Waals surface area (Å²) in [5, 5.41) is 11.8. The molecule has 23 heavy (non-hydrogen) atoms. The maximum absolute atomic E-state index is 12.2. The Balaban J connectivity index is 1.79. The molecule has 4 N–H and O–H groups in total. The van der Waals surface area contributed by atoms with Gasteiger partial charge in [-0.05, 0) is 55.9 Å². The monoisotopic (exact) mass is 320 g/mol. The van der Waals surface area contributed by atoms with Gasteiger partial charge in [-0.25, -0.2) is 0 Å². The van der Waals surface area contributed by atoms with Gasteiger partial charge in [0.15, 0.2) is 0 Å². The summed E-state index contributed by atoms with van der Waals surface area (Å²) in [6, 6.07) is 7.11. The first-order valence-corrected chi connectivity index (χ1v) is 8.04. The number of ether oxygens (including phenoxy) is 1. The van der Waals surface area contributed by atoms with Crippen molar-refractivity contribution in [1.82, 2.24) is 5.32 Å². The van der Waals surface area contributed by atoms with Crippen molar-refractivity contribution in [3.8, 4) is 5.75 Å². The van der Waals surface area contributed by atoms with Gasteiger partial charge in [0.1, 0.15) is 12.4 Å². The molecule has 2 rings (SSSR count). The fourth-order valence-corrected chi connectivity index (χ4v) is 2.91. The third-order valence-corrected chi connectivity index (χ3v) is 4.15. The average Bonchev–Trinajstić information content (AvgIpc) is 2.54. The molecule has 0 spiro atoms. The Morgan fingerprint density at radius 1 is 1.17 bits per heavy atom. The number of nitrogens with one attached hydrogen (secondary N) is 1. The van der Waals surface area contributed by atoms with Crippen LogP contribution in [-0.4, -0.2) is 36.2 Å². The van der Waals surface area contributed by atoms with Gasteiger partial charge in [0.2, 0.25) is 0 Å². The van der Waals surface area contributed by atoms with Crippen LogP contribution >= 0.6 is 0 Å². The van der Waals surface area contributed by atoms with Crippen molar-refractivity contribution >= 4 is 11.9 Å². The second-order valence-corrected chi connectivity index (χ2v) is 5.95. The van der Waals surface area contributed by atoms with Crippen LogP contribution in [0.1, 0.15) is 42.5 Å². The lowest BCUT2D eigenvalue weighted by Gasteiger charge is -2.28. The van der Waals surface area contributed by atoms with Crippen molar-refractivity contribution in [2.75, 3.05) is 13.2 Å². The number of carboxylic acid groups (broad SMARTS) is 1. The van der Waals surface area contributed by atoms with E-state index in [0.29, 0.717) is 24.5 Å². The number of carboxylic acids is 1. The summed E-state index contributed by atoms with van der Waals surface area (Å²) in [6.45, 7) is 0.901. The molecule has 1 saturated carbocycles. The topological polar surface area (TPSA) is 102 Å². The normalized spacial score (nSPS) is 20.7. The Kier molecular flexibility index (Phi) is 6.40. The fourth-order valence-electron chi connectivity index (χ4n) is 2.91. The highest BCUT2D eigenvalue weighted by Gasteiger charge is 2.24. The van der Waals surface area contributed by atoms with E-state index >= 15 is 0 Å². The average molecular weight is 320 g/mol. The van der Waals surface area contributed by atoms with Gasteiger partial charge in [-0.1, -0.05) is 0 Å². The van der Waals surface area contributed by atoms with Crippen LogP contribution in [0.4, 0.5) is 0 Å². The molecule has 1 aliphatic rings. The summed E-state index contributed by atoms with van der Waals surface area (Å²) in [6.07, 6.45) is 3.60. The number of carbonyl (C=O) groups is 2. The van der Waals surface area contributed by atoms with Crippen LogP contribution in [0.15, 0.2) is 24.3 Å². The molecule has 1 aromatic carbocycles. The second-order valence-electron chi connectivity index (χ2n) is 5.95. The zero-order valence-corrected chi connectivity index (χ0v) is 13.2. The Morgan fingerprint density at radius 3 is 2.39 bits per heavy atom. The van der Waals surface area contributed by atoms with E-state index in [1.807, 2.05) is 0 Å². The minimum atomic E-state index is -0.741. The number of carbonyl (C=O) groups excluding carboxylic acids is 1. The summed E-state index contributed by atoms with van der Waals surface area (Å²) in [5.74, 6) is 0.0901. The van der Waals surface area contributed by atoms with Gasteiger partial charge in [-0.3, -0.25) is 9.59 Å². The van der Waals surface area contributed by atoms with Crippen LogP contribution in [-0.2, 0) is 4.79 Å². The first-order chi connectivity index (χ1) is 11.1. The summed E-state index contributed by atoms with van der Waals surface area (Å²) in [7, 11) is 0. The molecule has 0 saturated heterocycles. The molecule has 1 aromatic rings. The molecule has 0 aromatic heterocycles. The van der Waals surface area contributed by atoms with E-state index in [9.17, 15) is 9.59 Å². The van der Waals surface area contributed by atoms with Crippen LogP contribution in [0.5, 0.6) is 5.75 Å². The quantitative estimate of drug-likeness (QED) is 0.711. The third kappa shape index (κ3) is 5.56. The smallest absolute Gasteiger partial charge is 0.303 e. The van der Waals surface area contributed by atoms with E-state index in [1.54, 1.807) is 24.3 Å². The van der Waals surface area contributed by atoms with Crippen molar-refractivity contribution in [3.63, 3.8) is 0 Å². The minimum Gasteiger partial charge on any atom is -0.492 e. The number of rotatable bonds is 7. The molecule has 1 aliphatic carbocycles. The third-order valence-electron chi connectivity index (χ3n) is 4.15. The maximum Gasteiger partial charge on any atom is 0.303 e. The summed E-state index contributed by atoms with van der Waals surface area (Å²) >= 11 is 0. The Labute approximate surface area is 136 Å². The predicted octanol–water partition coefficient (Wildman–Crippen LogP) is 1.79. The van der Waals surface area contributed by atoms with Crippen molar-refractivity contribution in [2.24, 2.45) is 11.7 Å². The molecule has 6 nitrogen and oxygen atoms in total. The highest BCUT2D eigenvalue weighted by molar-refractivity contribution is 5.94. The molecule has 6 heteroatoms. The molecule has 126 valence electrons. The maximum atomic E-state index is 12.2. The molecule has 0 radical (unpaired) electrons. The standard InChI is InChI=1S/C17H24N2O4/c18-9-10-23-15-7-3-13(4-8-15)17(22)19-14-5-1-12(2-6-14)11-16(20)21/h3-4,7-8,12,14H,1-2,5-6,9-11,18H2,(H,19,22)(H,20,21). The van der Waals surface area contributed by atoms with Crippen LogP contribution < -0.4 is 15.8 Å². The summed E-state index contributed by atoms with van der Waals surface area (Å²) in [4.78, 5) is 22.9. The molecule has 0 heterocycles. The first kappa shape index (κ1) is 17.3. The van der Waals surface area contributed by atoms with Gasteiger partial charge in [-0.2, -0.15) is 0 Å². The molecule has 0 atom stereocenters. The second kappa shape index (κ2) is 8.53. The van der Waals surface area contributed by atoms with Crippen molar-refractivity contribution in [1.29, 1.82) is 0 Å². The first-order valence-electron chi connectivity index (χ1n) is 8.04. The number of nitrogens with two attached hydrogens (primary N) is 1. The minimum absolute atomic E-state index is 0.0999. The van der Waals surface area contributed by atoms with E-state index in [4.69, 9.17) is 15.6 Å². The lowest BCUT2D eigenvalue weighted by molar-refractivity contribution is -0.138. The van der Waals surface area contributed by atoms with Gasteiger partial charge in [0.25, 0.3) is 5.91 Å². The molecule has 0 aliphatic heterocycles. The van der Waals surface area contributed by atoms with Crippen LogP contribution in [0.2, 0.25) is 0 Å². The highest BCUT2D eigenvalue weighted by atomic mass is 16.5. The number of aliphatic carboxylic acids is 1. The van der Waals surface area contributed by atoms with Crippen LogP contribution in [0.3, 0.4) is 0 Å². The zero-order chi connectivity index (χ0) is 16.7. The summed E-state index contributed by atoms with van der Waals surface area (Å²) < 4.78 is 5.38. The van der Waals surface area contributed by atoms with Gasteiger partial charge < -0.3 is 20.9 Å². The molecule has 1 fully saturated rings. The van der Waals surface area contributed by atoms with Crippen LogP contribution in [0, 0.1) is 5.92 Å². The lowest BCUT2D eigenvalue weighted by atomic mass is 9.84. The van der Waals surface area contributed by atoms with E-state index in [-0.39, 0.29) is 24.3 Å². The van der Waals surface area contributed by atoms with E-state index < -0.39 is 5.97 Å². The Bertz CT molecular complexity index is 522. The number of hydrogen-bond donors (Lipinski definition) is 3. The van der Waals surface area contributed by atoms with Gasteiger partial charge in [0.05, 0.1) is 0 Å². The van der Waals surface area contributed by atoms with Gasteiger partial charge in [0, 0.05) is 24.6 Å². The van der Waals surface area contributed by atoms with Crippen LogP contribution in [0.25, 0.3) is 0 Å². The van der Waals surface area contributed by atoms with E-state index in [2.05, 4.69) is 5.32 Å². The number of hydrogen-bond acceptors (Lipinski definition) is 4. The van der Waals surface area contributed by atoms with Gasteiger partial charge >= 0.3 is 5.97 Å². The summed E-state index contributed by atoms with van der Waals surface area (Å²) in [5.41, 5.74) is 5.97. The van der Waals surface area contributed by atoms with Gasteiger partial charge in [-0.15, -0.1) is 0 Å². The van der Waals surface area contributed by atoms with E-state index in [1.165, 1.54) is 0 Å². The lowest BCUT2D eigenvalue weighted by Crippen LogP contribution is -2.37. The van der Waals surface area contributed by atoms with Crippen molar-refractivity contribution in [2.45, 2.75) is 38.1 Å². The van der Waals surface area contributed by atoms with Crippen molar-refractivity contribution in [3.05, 3.63) is 29.8 Å². The highest BCUT2D eigenvalue weighted by Crippen LogP contribution is 2.27. The number of amides is 1. The largest absolute Gasteiger partial charge is 0.492 e. The molecule has 0 bridgehead atoms. The fraction of sp³-hybridized carbons (Fsp3) is 0.529. The molecular weight excluding hydrogens is 296 g/mol. The molecular formula is C17H24N2O4.